The second kappa shape index (κ2) is 32.1. The largest absolute Gasteiger partial charge is 0.454 e. The van der Waals surface area contributed by atoms with Gasteiger partial charge in [0.05, 0.1) is 11.7 Å². The van der Waals surface area contributed by atoms with Gasteiger partial charge in [0.15, 0.2) is 16.6 Å². The summed E-state index contributed by atoms with van der Waals surface area (Å²) in [6.07, 6.45) is 12.7. The Morgan fingerprint density at radius 3 is 1.08 bits per heavy atom. The van der Waals surface area contributed by atoms with E-state index in [2.05, 4.69) is 277 Å². The van der Waals surface area contributed by atoms with E-state index in [1.54, 1.807) is 12.1 Å². The van der Waals surface area contributed by atoms with Crippen LogP contribution in [0.3, 0.4) is 0 Å². The molecule has 5 rings (SSSR count). The van der Waals surface area contributed by atoms with Gasteiger partial charge in [-0.2, -0.15) is 0 Å². The minimum absolute atomic E-state index is 0.0260. The molecule has 11 heteroatoms. The maximum absolute atomic E-state index is 13.1. The van der Waals surface area contributed by atoms with Gasteiger partial charge in [-0.3, -0.25) is 0 Å². The normalized spacial score (nSPS) is 15.4. The Bertz CT molecular complexity index is 2630. The SMILES string of the molecule is C[C@@H](C/C=C\C(O)[C@@H](C)CCCO[Si](C)(C)C(C)(C)C)O[Si](c1ccccc1)(c1ccccc1)C(C)(C)C.C[C@@H](C/C=C\C(OC(=O)c1ccccc1)[C@@H](C)CCCO[Si](C)(C)C(C)(C)C)O[Si](c1ccccc1)(c1ccccc1)C(C)(C)C. The zero-order valence-electron chi connectivity index (χ0n) is 55.8. The number of ether oxygens (including phenoxy) is 1. The molecule has 0 aliphatic heterocycles. The van der Waals surface area contributed by atoms with Crippen molar-refractivity contribution in [1.29, 1.82) is 0 Å². The van der Waals surface area contributed by atoms with Crippen LogP contribution < -0.4 is 20.7 Å². The summed E-state index contributed by atoms with van der Waals surface area (Å²) in [5, 5.41) is 16.2. The van der Waals surface area contributed by atoms with E-state index in [-0.39, 0.29) is 56.3 Å². The van der Waals surface area contributed by atoms with Gasteiger partial charge in [0.2, 0.25) is 0 Å². The van der Waals surface area contributed by atoms with Crippen molar-refractivity contribution >= 4 is 60.0 Å². The van der Waals surface area contributed by atoms with Crippen LogP contribution in [-0.4, -0.2) is 82.0 Å². The fourth-order valence-corrected chi connectivity index (χ4v) is 22.0. The highest BCUT2D eigenvalue weighted by molar-refractivity contribution is 7.00. The van der Waals surface area contributed by atoms with Gasteiger partial charge in [-0.25, -0.2) is 4.79 Å². The smallest absolute Gasteiger partial charge is 0.338 e. The Labute approximate surface area is 516 Å². The number of benzene rings is 5. The van der Waals surface area contributed by atoms with Crippen LogP contribution in [0.15, 0.2) is 176 Å². The van der Waals surface area contributed by atoms with Crippen LogP contribution in [-0.2, 0) is 22.4 Å². The molecule has 1 N–H and O–H groups in total. The monoisotopic (exact) mass is 1210 g/mol. The molecular formula is C73H112O7Si4. The van der Waals surface area contributed by atoms with Gasteiger partial charge in [0.1, 0.15) is 6.10 Å². The minimum atomic E-state index is -2.66. The van der Waals surface area contributed by atoms with Crippen molar-refractivity contribution in [2.75, 3.05) is 13.2 Å². The highest BCUT2D eigenvalue weighted by Gasteiger charge is 2.52. The number of rotatable bonds is 28. The maximum Gasteiger partial charge on any atom is 0.338 e. The highest BCUT2D eigenvalue weighted by atomic mass is 28.4. The number of carbonyl (C=O) groups excluding carboxylic acids is 1. The first-order valence-electron chi connectivity index (χ1n) is 31.3. The van der Waals surface area contributed by atoms with E-state index in [1.165, 1.54) is 20.7 Å². The van der Waals surface area contributed by atoms with Crippen LogP contribution in [0.5, 0.6) is 0 Å². The van der Waals surface area contributed by atoms with E-state index in [4.69, 9.17) is 22.4 Å². The molecule has 0 heterocycles. The van der Waals surface area contributed by atoms with Crippen LogP contribution in [0.25, 0.3) is 0 Å². The second-order valence-electron chi connectivity index (χ2n) is 28.7. The van der Waals surface area contributed by atoms with E-state index in [1.807, 2.05) is 24.3 Å². The van der Waals surface area contributed by atoms with E-state index in [0.717, 1.165) is 45.3 Å². The Morgan fingerprint density at radius 1 is 0.452 bits per heavy atom. The quantitative estimate of drug-likeness (QED) is 0.0231. The predicted octanol–water partition coefficient (Wildman–Crippen LogP) is 17.3. The van der Waals surface area contributed by atoms with E-state index in [9.17, 15) is 9.90 Å². The fraction of sp³-hybridized carbons (Fsp3) is 0.521. The number of hydrogen-bond donors (Lipinski definition) is 1. The molecule has 0 aliphatic rings. The van der Waals surface area contributed by atoms with Crippen molar-refractivity contribution in [3.63, 3.8) is 0 Å². The molecule has 5 aromatic carbocycles. The first kappa shape index (κ1) is 72.2. The first-order chi connectivity index (χ1) is 39.2. The summed E-state index contributed by atoms with van der Waals surface area (Å²) < 4.78 is 33.3. The van der Waals surface area contributed by atoms with Crippen LogP contribution in [0.4, 0.5) is 0 Å². The van der Waals surface area contributed by atoms with Gasteiger partial charge in [-0.05, 0) is 150 Å². The lowest BCUT2D eigenvalue weighted by Crippen LogP contribution is -2.67. The average Bonchev–Trinajstić information content (AvgIpc) is 1.47. The fourth-order valence-electron chi connectivity index (χ4n) is 10.4. The number of carbonyl (C=O) groups is 1. The molecule has 0 saturated carbocycles. The zero-order chi connectivity index (χ0) is 62.6. The summed E-state index contributed by atoms with van der Waals surface area (Å²) in [4.78, 5) is 13.1. The maximum atomic E-state index is 13.1. The predicted molar refractivity (Wildman–Crippen MR) is 369 cm³/mol. The molecule has 7 nitrogen and oxygen atoms in total. The van der Waals surface area contributed by atoms with Crippen molar-refractivity contribution in [2.45, 2.75) is 220 Å². The lowest BCUT2D eigenvalue weighted by molar-refractivity contribution is 0.0276. The van der Waals surface area contributed by atoms with Gasteiger partial charge in [-0.15, -0.1) is 0 Å². The first-order valence-corrected chi connectivity index (χ1v) is 41.0. The molecule has 5 aromatic rings. The molecule has 462 valence electrons. The third-order valence-corrected chi connectivity index (χ3v) is 37.1. The lowest BCUT2D eigenvalue weighted by atomic mass is 9.98. The van der Waals surface area contributed by atoms with E-state index in [0.29, 0.717) is 12.0 Å². The van der Waals surface area contributed by atoms with Crippen molar-refractivity contribution in [2.24, 2.45) is 11.8 Å². The van der Waals surface area contributed by atoms with Crippen molar-refractivity contribution in [3.05, 3.63) is 182 Å². The molecule has 0 bridgehead atoms. The van der Waals surface area contributed by atoms with Gasteiger partial charge >= 0.3 is 5.97 Å². The van der Waals surface area contributed by atoms with E-state index >= 15 is 0 Å². The number of hydrogen-bond acceptors (Lipinski definition) is 7. The van der Waals surface area contributed by atoms with Gasteiger partial charge in [-0.1, -0.05) is 255 Å². The van der Waals surface area contributed by atoms with Crippen LogP contribution in [0.2, 0.25) is 46.3 Å². The molecule has 0 aliphatic carbocycles. The van der Waals surface area contributed by atoms with E-state index < -0.39 is 39.4 Å². The van der Waals surface area contributed by atoms with Crippen LogP contribution in [0.1, 0.15) is 160 Å². The Kier molecular flexibility index (Phi) is 27.6. The molecule has 0 spiro atoms. The summed E-state index contributed by atoms with van der Waals surface area (Å²) in [6, 6.07) is 52.3. The van der Waals surface area contributed by atoms with Crippen LogP contribution >= 0.6 is 0 Å². The number of esters is 1. The molecule has 0 aromatic heterocycles. The van der Waals surface area contributed by atoms with Gasteiger partial charge in [0.25, 0.3) is 16.6 Å². The molecule has 0 fully saturated rings. The molecule has 0 radical (unpaired) electrons. The average molecular weight is 1210 g/mol. The van der Waals surface area contributed by atoms with Gasteiger partial charge in [0, 0.05) is 25.4 Å². The topological polar surface area (TPSA) is 83.5 Å². The van der Waals surface area contributed by atoms with Crippen LogP contribution in [0, 0.1) is 11.8 Å². The Hall–Kier alpha value is -4.28. The third kappa shape index (κ3) is 20.4. The molecule has 6 atom stereocenters. The minimum Gasteiger partial charge on any atom is -0.454 e. The summed E-state index contributed by atoms with van der Waals surface area (Å²) >= 11 is 0. The van der Waals surface area contributed by atoms with Crippen molar-refractivity contribution in [3.8, 4) is 0 Å². The zero-order valence-corrected chi connectivity index (χ0v) is 59.8. The molecule has 0 amide bonds. The van der Waals surface area contributed by atoms with Gasteiger partial charge < -0.3 is 27.5 Å². The molecule has 2 unspecified atom stereocenters. The summed E-state index contributed by atoms with van der Waals surface area (Å²) in [7, 11) is -8.74. The Balaban J connectivity index is 0.000000367. The molecular weight excluding hydrogens is 1100 g/mol. The molecule has 0 saturated heterocycles. The summed E-state index contributed by atoms with van der Waals surface area (Å²) in [5.74, 6) is 0.0400. The highest BCUT2D eigenvalue weighted by Crippen LogP contribution is 2.41. The van der Waals surface area contributed by atoms with Crippen molar-refractivity contribution < 1.29 is 32.3 Å². The second-order valence-corrected chi connectivity index (χ2v) is 46.8. The summed E-state index contributed by atoms with van der Waals surface area (Å²) in [6.45, 7) is 46.8. The lowest BCUT2D eigenvalue weighted by Gasteiger charge is -2.44. The molecule has 84 heavy (non-hydrogen) atoms. The Morgan fingerprint density at radius 2 is 0.762 bits per heavy atom. The van der Waals surface area contributed by atoms with Crippen molar-refractivity contribution in [1.82, 2.24) is 0 Å². The standard InChI is InChI=1S/C40H58O4Si2.C33H54O3Si2/c1-32(22-21-31-42-45(9,10)39(3,4)5)37(43-38(41)34-24-14-11-15-25-34)30-20-23-33(2)44-46(40(6,7)8,35-26-16-12-17-27-35)36-28-18-13-19-29-36;1-27(19-18-26-35-37(9,10)32(3,4)5)31(34)25-17-20-28(2)36-38(33(6,7)8,29-21-13-11-14-22-29)30-23-15-12-16-24-30/h11-20,24-30,32-33,37H,21-23,31H2,1-10H3;11-17,21-25,27-28,31,34H,18-20,26H2,1-10H3/b30-20-;25-17-/t32-,33-,37?;27-,28-,31?/m00/s1. The number of aliphatic hydroxyl groups is 1. The number of aliphatic hydroxyl groups excluding tert-OH is 1. The third-order valence-electron chi connectivity index (χ3n) is 17.7. The summed E-state index contributed by atoms with van der Waals surface area (Å²) in [5.41, 5.74) is 0.567.